The van der Waals surface area contributed by atoms with E-state index >= 15 is 0 Å². The van der Waals surface area contributed by atoms with Gasteiger partial charge in [-0.1, -0.05) is 30.5 Å². The second-order valence-corrected chi connectivity index (χ2v) is 8.62. The molecule has 156 valence electrons. The molecule has 1 saturated carbocycles. The average molecular weight is 417 g/mol. The van der Waals surface area contributed by atoms with E-state index in [1.165, 1.54) is 12.8 Å². The number of H-pyrrole nitrogens is 1. The number of benzene rings is 1. The highest BCUT2D eigenvalue weighted by molar-refractivity contribution is 6.31. The maximum Gasteiger partial charge on any atom is 0.225 e. The van der Waals surface area contributed by atoms with Crippen molar-refractivity contribution in [1.29, 1.82) is 0 Å². The summed E-state index contributed by atoms with van der Waals surface area (Å²) >= 11 is 6.01. The number of amides is 2. The monoisotopic (exact) mass is 416 g/mol. The zero-order valence-corrected chi connectivity index (χ0v) is 17.5. The van der Waals surface area contributed by atoms with Crippen LogP contribution >= 0.6 is 11.6 Å². The molecule has 1 aliphatic heterocycles. The number of rotatable bonds is 6. The number of piperazine rings is 1. The van der Waals surface area contributed by atoms with E-state index in [1.54, 1.807) is 0 Å². The Kier molecular flexibility index (Phi) is 6.40. The van der Waals surface area contributed by atoms with Crippen LogP contribution in [-0.4, -0.2) is 65.9 Å². The standard InChI is InChI=1S/C22H29ClN4O2/c23-18-5-6-19-17(15-25-20(19)14-18)13-21(28)24-7-8-26-9-11-27(12-10-26)22(29)16-3-1-2-4-16/h5-6,14-16,25H,1-4,7-13H2,(H,24,28). The molecule has 2 aliphatic rings. The number of hydrogen-bond donors (Lipinski definition) is 2. The third kappa shape index (κ3) is 4.93. The number of fused-ring (bicyclic) bond motifs is 1. The Labute approximate surface area is 176 Å². The van der Waals surface area contributed by atoms with E-state index in [1.807, 2.05) is 29.3 Å². The predicted molar refractivity (Wildman–Crippen MR) is 115 cm³/mol. The summed E-state index contributed by atoms with van der Waals surface area (Å²) in [6.07, 6.45) is 6.75. The van der Waals surface area contributed by atoms with Gasteiger partial charge in [0.05, 0.1) is 6.42 Å². The first-order valence-corrected chi connectivity index (χ1v) is 11.0. The van der Waals surface area contributed by atoms with Crippen molar-refractivity contribution in [3.63, 3.8) is 0 Å². The van der Waals surface area contributed by atoms with E-state index in [0.717, 1.165) is 62.0 Å². The van der Waals surface area contributed by atoms with Crippen LogP contribution in [0.5, 0.6) is 0 Å². The van der Waals surface area contributed by atoms with Crippen LogP contribution in [0.25, 0.3) is 10.9 Å². The lowest BCUT2D eigenvalue weighted by Gasteiger charge is -2.36. The Morgan fingerprint density at radius 2 is 1.90 bits per heavy atom. The molecule has 0 spiro atoms. The number of nitrogens with one attached hydrogen (secondary N) is 2. The summed E-state index contributed by atoms with van der Waals surface area (Å²) in [5.74, 6) is 0.646. The maximum atomic E-state index is 12.5. The van der Waals surface area contributed by atoms with Gasteiger partial charge in [-0.05, 0) is 30.5 Å². The zero-order chi connectivity index (χ0) is 20.2. The van der Waals surface area contributed by atoms with Crippen LogP contribution in [-0.2, 0) is 16.0 Å². The minimum atomic E-state index is 0.0240. The molecule has 0 radical (unpaired) electrons. The molecular formula is C22H29ClN4O2. The van der Waals surface area contributed by atoms with Gasteiger partial charge in [-0.15, -0.1) is 0 Å². The van der Waals surface area contributed by atoms with E-state index in [2.05, 4.69) is 15.2 Å². The summed E-state index contributed by atoms with van der Waals surface area (Å²) in [7, 11) is 0. The molecule has 2 N–H and O–H groups in total. The molecule has 2 fully saturated rings. The van der Waals surface area contributed by atoms with Crippen LogP contribution in [0.15, 0.2) is 24.4 Å². The molecule has 0 bridgehead atoms. The van der Waals surface area contributed by atoms with Gasteiger partial charge in [0.15, 0.2) is 0 Å². The quantitative estimate of drug-likeness (QED) is 0.760. The number of halogens is 1. The minimum absolute atomic E-state index is 0.0240. The fourth-order valence-corrected chi connectivity index (χ4v) is 4.69. The van der Waals surface area contributed by atoms with Crippen LogP contribution in [0.1, 0.15) is 31.2 Å². The lowest BCUT2D eigenvalue weighted by Crippen LogP contribution is -2.51. The topological polar surface area (TPSA) is 68.4 Å². The first kappa shape index (κ1) is 20.2. The Morgan fingerprint density at radius 3 is 2.66 bits per heavy atom. The van der Waals surface area contributed by atoms with Crippen molar-refractivity contribution in [1.82, 2.24) is 20.1 Å². The number of carbonyl (C=O) groups is 2. The molecule has 0 atom stereocenters. The molecule has 4 rings (SSSR count). The number of hydrogen-bond acceptors (Lipinski definition) is 3. The number of nitrogens with zero attached hydrogens (tertiary/aromatic N) is 2. The van der Waals surface area contributed by atoms with Gasteiger partial charge in [0.25, 0.3) is 0 Å². The molecule has 29 heavy (non-hydrogen) atoms. The molecule has 0 unspecified atom stereocenters. The van der Waals surface area contributed by atoms with Crippen molar-refractivity contribution in [2.75, 3.05) is 39.3 Å². The first-order chi connectivity index (χ1) is 14.1. The molecule has 1 aromatic carbocycles. The second-order valence-electron chi connectivity index (χ2n) is 8.18. The normalized spacial score (nSPS) is 18.4. The van der Waals surface area contributed by atoms with Crippen LogP contribution < -0.4 is 5.32 Å². The zero-order valence-electron chi connectivity index (χ0n) is 16.8. The molecule has 2 aromatic rings. The number of carbonyl (C=O) groups excluding carboxylic acids is 2. The van der Waals surface area contributed by atoms with Crippen LogP contribution in [0, 0.1) is 5.92 Å². The van der Waals surface area contributed by atoms with Crippen molar-refractivity contribution < 1.29 is 9.59 Å². The van der Waals surface area contributed by atoms with Gasteiger partial charge in [0.1, 0.15) is 0 Å². The number of aromatic nitrogens is 1. The van der Waals surface area contributed by atoms with Gasteiger partial charge in [0.2, 0.25) is 11.8 Å². The van der Waals surface area contributed by atoms with E-state index in [-0.39, 0.29) is 11.8 Å². The Hall–Kier alpha value is -2.05. The van der Waals surface area contributed by atoms with Gasteiger partial charge in [0, 0.05) is 67.3 Å². The van der Waals surface area contributed by atoms with Crippen LogP contribution in [0.3, 0.4) is 0 Å². The summed E-state index contributed by atoms with van der Waals surface area (Å²) in [6.45, 7) is 4.84. The summed E-state index contributed by atoms with van der Waals surface area (Å²) < 4.78 is 0. The lowest BCUT2D eigenvalue weighted by atomic mass is 10.1. The maximum absolute atomic E-state index is 12.5. The Morgan fingerprint density at radius 1 is 1.14 bits per heavy atom. The smallest absolute Gasteiger partial charge is 0.225 e. The van der Waals surface area contributed by atoms with Crippen molar-refractivity contribution in [2.24, 2.45) is 5.92 Å². The SMILES string of the molecule is O=C(Cc1c[nH]c2cc(Cl)ccc12)NCCN1CCN(C(=O)C2CCCC2)CC1. The molecule has 1 aliphatic carbocycles. The predicted octanol–water partition coefficient (Wildman–Crippen LogP) is 2.81. The molecule has 2 amide bonds. The highest BCUT2D eigenvalue weighted by Gasteiger charge is 2.29. The van der Waals surface area contributed by atoms with Gasteiger partial charge in [-0.2, -0.15) is 0 Å². The third-order valence-electron chi connectivity index (χ3n) is 6.22. The molecule has 1 aromatic heterocycles. The van der Waals surface area contributed by atoms with Crippen LogP contribution in [0.2, 0.25) is 5.02 Å². The lowest BCUT2D eigenvalue weighted by molar-refractivity contribution is -0.137. The van der Waals surface area contributed by atoms with Gasteiger partial charge < -0.3 is 15.2 Å². The second kappa shape index (κ2) is 9.18. The van der Waals surface area contributed by atoms with E-state index in [4.69, 9.17) is 11.6 Å². The fraction of sp³-hybridized carbons (Fsp3) is 0.545. The number of aromatic amines is 1. The van der Waals surface area contributed by atoms with Crippen LogP contribution in [0.4, 0.5) is 0 Å². The Balaban J connectivity index is 1.17. The van der Waals surface area contributed by atoms with Crippen molar-refractivity contribution in [3.05, 3.63) is 35.0 Å². The highest BCUT2D eigenvalue weighted by Crippen LogP contribution is 2.27. The van der Waals surface area contributed by atoms with Gasteiger partial charge in [-0.25, -0.2) is 0 Å². The largest absolute Gasteiger partial charge is 0.361 e. The van der Waals surface area contributed by atoms with Crippen molar-refractivity contribution in [2.45, 2.75) is 32.1 Å². The molecule has 2 heterocycles. The highest BCUT2D eigenvalue weighted by atomic mass is 35.5. The van der Waals surface area contributed by atoms with E-state index in [9.17, 15) is 9.59 Å². The van der Waals surface area contributed by atoms with Crippen molar-refractivity contribution in [3.8, 4) is 0 Å². The molecule has 7 heteroatoms. The van der Waals surface area contributed by atoms with E-state index in [0.29, 0.717) is 23.9 Å². The van der Waals surface area contributed by atoms with Crippen molar-refractivity contribution >= 4 is 34.3 Å². The Bertz CT molecular complexity index is 867. The van der Waals surface area contributed by atoms with E-state index < -0.39 is 0 Å². The summed E-state index contributed by atoms with van der Waals surface area (Å²) in [5.41, 5.74) is 1.93. The molecular weight excluding hydrogens is 388 g/mol. The molecule has 1 saturated heterocycles. The third-order valence-corrected chi connectivity index (χ3v) is 6.45. The fourth-order valence-electron chi connectivity index (χ4n) is 4.52. The molecule has 6 nitrogen and oxygen atoms in total. The summed E-state index contributed by atoms with van der Waals surface area (Å²) in [4.78, 5) is 32.4. The summed E-state index contributed by atoms with van der Waals surface area (Å²) in [5, 5.41) is 4.74. The summed E-state index contributed by atoms with van der Waals surface area (Å²) in [6, 6.07) is 5.66. The minimum Gasteiger partial charge on any atom is -0.361 e. The average Bonchev–Trinajstić information content (AvgIpc) is 3.38. The van der Waals surface area contributed by atoms with Gasteiger partial charge >= 0.3 is 0 Å². The van der Waals surface area contributed by atoms with Gasteiger partial charge in [-0.3, -0.25) is 14.5 Å². The first-order valence-electron chi connectivity index (χ1n) is 10.6.